The van der Waals surface area contributed by atoms with Crippen LogP contribution in [-0.2, 0) is 6.54 Å². The number of hydrogen-bond acceptors (Lipinski definition) is 3. The van der Waals surface area contributed by atoms with Gasteiger partial charge in [0.1, 0.15) is 5.75 Å². The van der Waals surface area contributed by atoms with Gasteiger partial charge in [-0.2, -0.15) is 0 Å². The van der Waals surface area contributed by atoms with Crippen LogP contribution in [0, 0.1) is 5.92 Å². The number of guanidine groups is 1. The summed E-state index contributed by atoms with van der Waals surface area (Å²) < 4.78 is 8.40. The maximum atomic E-state index is 6.17. The summed E-state index contributed by atoms with van der Waals surface area (Å²) in [6, 6.07) is 8.76. The lowest BCUT2D eigenvalue weighted by Crippen LogP contribution is -2.48. The number of nitrogens with one attached hydrogen (secondary N) is 1. The molecule has 1 aromatic heterocycles. The fraction of sp³-hybridized carbons (Fsp3) is 0.545. The molecule has 0 spiro atoms. The fourth-order valence-corrected chi connectivity index (χ4v) is 4.03. The van der Waals surface area contributed by atoms with Gasteiger partial charge in [-0.3, -0.25) is 4.99 Å². The molecule has 0 amide bonds. The zero-order chi connectivity index (χ0) is 19.3. The van der Waals surface area contributed by atoms with Gasteiger partial charge in [0.2, 0.25) is 0 Å². The van der Waals surface area contributed by atoms with Crippen LogP contribution in [0.1, 0.15) is 44.2 Å². The van der Waals surface area contributed by atoms with E-state index >= 15 is 0 Å². The Morgan fingerprint density at radius 3 is 2.86 bits per heavy atom. The van der Waals surface area contributed by atoms with E-state index in [9.17, 15) is 0 Å². The minimum atomic E-state index is 0.389. The summed E-state index contributed by atoms with van der Waals surface area (Å²) in [5, 5.41) is 3.56. The lowest BCUT2D eigenvalue weighted by atomic mass is 9.93. The fourth-order valence-electron chi connectivity index (χ4n) is 4.03. The summed E-state index contributed by atoms with van der Waals surface area (Å²) in [5.41, 5.74) is 1.19. The Hall–Kier alpha value is -2.50. The molecule has 1 aliphatic heterocycles. The number of piperidine rings is 1. The quantitative estimate of drug-likeness (QED) is 0.636. The predicted molar refractivity (Wildman–Crippen MR) is 112 cm³/mol. The first-order valence-corrected chi connectivity index (χ1v) is 10.4. The smallest absolute Gasteiger partial charge is 0.193 e. The van der Waals surface area contributed by atoms with Gasteiger partial charge in [-0.05, 0) is 37.7 Å². The van der Waals surface area contributed by atoms with Crippen molar-refractivity contribution in [2.24, 2.45) is 10.9 Å². The first-order valence-electron chi connectivity index (χ1n) is 10.4. The van der Waals surface area contributed by atoms with E-state index < -0.39 is 0 Å². The van der Waals surface area contributed by atoms with Gasteiger partial charge in [0.05, 0.1) is 18.5 Å². The lowest BCUT2D eigenvalue weighted by Gasteiger charge is -2.39. The molecule has 1 saturated carbocycles. The van der Waals surface area contributed by atoms with Gasteiger partial charge >= 0.3 is 0 Å². The minimum absolute atomic E-state index is 0.389. The van der Waals surface area contributed by atoms with E-state index in [-0.39, 0.29) is 0 Å². The lowest BCUT2D eigenvalue weighted by molar-refractivity contribution is 0.119. The average Bonchev–Trinajstić information content (AvgIpc) is 3.21. The molecule has 6 nitrogen and oxygen atoms in total. The number of benzene rings is 1. The third-order valence-corrected chi connectivity index (χ3v) is 6.09. The summed E-state index contributed by atoms with van der Waals surface area (Å²) in [6.45, 7) is 5.01. The highest BCUT2D eigenvalue weighted by Gasteiger charge is 2.29. The van der Waals surface area contributed by atoms with E-state index in [2.05, 4.69) is 56.1 Å². The van der Waals surface area contributed by atoms with Crippen molar-refractivity contribution in [2.45, 2.75) is 51.3 Å². The number of para-hydroxylation sites is 1. The van der Waals surface area contributed by atoms with E-state index in [4.69, 9.17) is 4.74 Å². The van der Waals surface area contributed by atoms with Crippen LogP contribution < -0.4 is 10.1 Å². The third kappa shape index (κ3) is 4.16. The molecule has 2 aliphatic rings. The summed E-state index contributed by atoms with van der Waals surface area (Å²) >= 11 is 0. The van der Waals surface area contributed by atoms with Crippen molar-refractivity contribution in [2.75, 3.05) is 20.1 Å². The predicted octanol–water partition coefficient (Wildman–Crippen LogP) is 3.47. The molecule has 1 N–H and O–H groups in total. The van der Waals surface area contributed by atoms with Gasteiger partial charge in [0, 0.05) is 44.6 Å². The van der Waals surface area contributed by atoms with Crippen LogP contribution in [0.15, 0.2) is 48.0 Å². The number of aliphatic imine (C=N–C) groups is 1. The Balaban J connectivity index is 1.40. The molecule has 2 heterocycles. The second-order valence-electron chi connectivity index (χ2n) is 7.97. The Morgan fingerprint density at radius 2 is 2.14 bits per heavy atom. The van der Waals surface area contributed by atoms with Crippen molar-refractivity contribution >= 4 is 5.96 Å². The van der Waals surface area contributed by atoms with Crippen molar-refractivity contribution in [1.82, 2.24) is 19.8 Å². The number of ether oxygens (including phenoxy) is 1. The van der Waals surface area contributed by atoms with Crippen LogP contribution in [0.2, 0.25) is 0 Å². The maximum Gasteiger partial charge on any atom is 0.193 e. The highest BCUT2D eigenvalue weighted by molar-refractivity contribution is 5.80. The molecule has 1 aromatic carbocycles. The largest absolute Gasteiger partial charge is 0.490 e. The van der Waals surface area contributed by atoms with Crippen LogP contribution in [0.3, 0.4) is 0 Å². The molecule has 2 unspecified atom stereocenters. The first kappa shape index (κ1) is 18.8. The monoisotopic (exact) mass is 381 g/mol. The number of imidazole rings is 1. The summed E-state index contributed by atoms with van der Waals surface area (Å²) in [7, 11) is 1.86. The van der Waals surface area contributed by atoms with Crippen LogP contribution in [-0.4, -0.2) is 46.7 Å². The Morgan fingerprint density at radius 1 is 1.29 bits per heavy atom. The van der Waals surface area contributed by atoms with Crippen molar-refractivity contribution in [3.8, 4) is 5.75 Å². The van der Waals surface area contributed by atoms with Gasteiger partial charge < -0.3 is 19.5 Å². The summed E-state index contributed by atoms with van der Waals surface area (Å²) in [6.07, 6.45) is 11.0. The minimum Gasteiger partial charge on any atom is -0.490 e. The topological polar surface area (TPSA) is 54.7 Å². The Kier molecular flexibility index (Phi) is 5.84. The van der Waals surface area contributed by atoms with E-state index in [1.54, 1.807) is 0 Å². The van der Waals surface area contributed by atoms with Crippen molar-refractivity contribution in [1.29, 1.82) is 0 Å². The highest BCUT2D eigenvalue weighted by Crippen LogP contribution is 2.29. The molecule has 2 fully saturated rings. The number of nitrogens with zero attached hydrogens (tertiary/aromatic N) is 4. The SMILES string of the molecule is CN=C(NCc1ccccc1OC1CCC1)N1CCC(C)C(n2ccnc2)C1. The Labute approximate surface area is 167 Å². The molecule has 150 valence electrons. The average molecular weight is 382 g/mol. The standard InChI is InChI=1S/C22H31N5O/c1-17-10-12-26(15-20(17)27-13-11-24-16-27)22(23-2)25-14-18-6-3-4-9-21(18)28-19-7-5-8-19/h3-4,6,9,11,13,16-17,19-20H,5,7-8,10,12,14-15H2,1-2H3,(H,23,25). The van der Waals surface area contributed by atoms with Gasteiger partial charge in [0.25, 0.3) is 0 Å². The zero-order valence-corrected chi connectivity index (χ0v) is 16.9. The van der Waals surface area contributed by atoms with Gasteiger partial charge in [-0.15, -0.1) is 0 Å². The van der Waals surface area contributed by atoms with Crippen LogP contribution in [0.4, 0.5) is 0 Å². The third-order valence-electron chi connectivity index (χ3n) is 6.09. The number of likely N-dealkylation sites (tertiary alicyclic amines) is 1. The molecular weight excluding hydrogens is 350 g/mol. The van der Waals surface area contributed by atoms with E-state index in [0.717, 1.165) is 37.8 Å². The van der Waals surface area contributed by atoms with Gasteiger partial charge in [0.15, 0.2) is 5.96 Å². The molecule has 6 heteroatoms. The molecular formula is C22H31N5O. The number of hydrogen-bond donors (Lipinski definition) is 1. The van der Waals surface area contributed by atoms with Crippen LogP contribution in [0.5, 0.6) is 5.75 Å². The Bertz CT molecular complexity index is 784. The second kappa shape index (κ2) is 8.67. The molecule has 0 radical (unpaired) electrons. The summed E-state index contributed by atoms with van der Waals surface area (Å²) in [4.78, 5) is 11.1. The van der Waals surface area contributed by atoms with Crippen molar-refractivity contribution in [3.63, 3.8) is 0 Å². The van der Waals surface area contributed by atoms with Crippen molar-refractivity contribution in [3.05, 3.63) is 48.5 Å². The molecule has 4 rings (SSSR count). The summed E-state index contributed by atoms with van der Waals surface area (Å²) in [5.74, 6) is 2.58. The van der Waals surface area contributed by atoms with E-state index in [0.29, 0.717) is 18.1 Å². The zero-order valence-electron chi connectivity index (χ0n) is 16.9. The molecule has 28 heavy (non-hydrogen) atoms. The van der Waals surface area contributed by atoms with Gasteiger partial charge in [-0.1, -0.05) is 25.1 Å². The molecule has 1 saturated heterocycles. The van der Waals surface area contributed by atoms with Gasteiger partial charge in [-0.25, -0.2) is 4.98 Å². The van der Waals surface area contributed by atoms with E-state index in [1.165, 1.54) is 24.8 Å². The van der Waals surface area contributed by atoms with Crippen LogP contribution in [0.25, 0.3) is 0 Å². The number of aromatic nitrogens is 2. The first-order chi connectivity index (χ1) is 13.7. The number of rotatable bonds is 5. The molecule has 2 aromatic rings. The molecule has 2 atom stereocenters. The van der Waals surface area contributed by atoms with Crippen LogP contribution >= 0.6 is 0 Å². The normalized spacial score (nSPS) is 23.4. The second-order valence-corrected chi connectivity index (χ2v) is 7.97. The van der Waals surface area contributed by atoms with E-state index in [1.807, 2.05) is 25.6 Å². The molecule has 1 aliphatic carbocycles. The molecule has 0 bridgehead atoms. The maximum absolute atomic E-state index is 6.17. The highest BCUT2D eigenvalue weighted by atomic mass is 16.5. The van der Waals surface area contributed by atoms with Crippen molar-refractivity contribution < 1.29 is 4.74 Å².